The molecule has 2 aromatic carbocycles. The lowest BCUT2D eigenvalue weighted by Crippen LogP contribution is -2.49. The molecule has 1 spiro atoms. The minimum absolute atomic E-state index is 0.192. The predicted molar refractivity (Wildman–Crippen MR) is 128 cm³/mol. The van der Waals surface area contributed by atoms with Gasteiger partial charge in [-0.05, 0) is 55.1 Å². The van der Waals surface area contributed by atoms with E-state index in [2.05, 4.69) is 21.0 Å². The molecule has 2 aliphatic rings. The smallest absolute Gasteiger partial charge is 0.365 e. The molecule has 0 saturated heterocycles. The van der Waals surface area contributed by atoms with E-state index in [1.807, 2.05) is 66.4 Å². The van der Waals surface area contributed by atoms with Crippen LogP contribution in [0.25, 0.3) is 0 Å². The highest BCUT2D eigenvalue weighted by Gasteiger charge is 2.58. The number of halogens is 1. The van der Waals surface area contributed by atoms with Crippen molar-refractivity contribution in [1.29, 1.82) is 0 Å². The van der Waals surface area contributed by atoms with Crippen molar-refractivity contribution in [2.75, 3.05) is 24.1 Å². The molecule has 2 aliphatic heterocycles. The van der Waals surface area contributed by atoms with Gasteiger partial charge in [0.15, 0.2) is 0 Å². The fraction of sp³-hybridized carbons (Fsp3) is 0.190. The number of hydrogen-bond donors (Lipinski definition) is 0. The molecule has 0 amide bonds. The fourth-order valence-corrected chi connectivity index (χ4v) is 6.57. The van der Waals surface area contributed by atoms with Gasteiger partial charge >= 0.3 is 11.9 Å². The predicted octanol–water partition coefficient (Wildman–Crippen LogP) is 4.76. The second-order valence-electron chi connectivity index (χ2n) is 6.51. The van der Waals surface area contributed by atoms with Crippen molar-refractivity contribution >= 4 is 67.8 Å². The molecule has 2 aromatic rings. The summed E-state index contributed by atoms with van der Waals surface area (Å²) in [5, 5.41) is 6.54. The average molecular weight is 520 g/mol. The molecular weight excluding hydrogens is 502 g/mol. The summed E-state index contributed by atoms with van der Waals surface area (Å²) < 4.78 is 9.90. The zero-order chi connectivity index (χ0) is 22.2. The number of carbonyl (C=O) groups is 2. The van der Waals surface area contributed by atoms with Crippen LogP contribution < -0.4 is 9.91 Å². The summed E-state index contributed by atoms with van der Waals surface area (Å²) in [5.74, 6) is -0.982. The second kappa shape index (κ2) is 8.60. The van der Waals surface area contributed by atoms with Crippen LogP contribution in [0.3, 0.4) is 0 Å². The van der Waals surface area contributed by atoms with Crippen LogP contribution in [0.1, 0.15) is 6.92 Å². The number of hydrazone groups is 1. The highest BCUT2D eigenvalue weighted by molar-refractivity contribution is 9.10. The van der Waals surface area contributed by atoms with E-state index in [0.29, 0.717) is 10.6 Å². The number of allylic oxidation sites excluding steroid dienone is 1. The van der Waals surface area contributed by atoms with Crippen molar-refractivity contribution in [1.82, 2.24) is 0 Å². The maximum Gasteiger partial charge on any atom is 0.365 e. The lowest BCUT2D eigenvalue weighted by molar-refractivity contribution is -0.135. The van der Waals surface area contributed by atoms with Crippen LogP contribution in [-0.4, -0.2) is 35.5 Å². The Kier molecular flexibility index (Phi) is 6.05. The van der Waals surface area contributed by atoms with Crippen LogP contribution in [0.15, 0.2) is 74.8 Å². The Bertz CT molecular complexity index is 1090. The zero-order valence-corrected chi connectivity index (χ0v) is 20.1. The molecule has 0 aromatic heterocycles. The number of benzene rings is 2. The standard InChI is InChI=1S/C21H18BrN3O4S2/c1-13-17(19(26)28-2)30-21(24(13)15-7-5-4-6-8-15)25(16-11-9-14(22)10-12-16)23-18(31-21)20(27)29-3/h4-12H,1-3H3/t21-/m0/s1. The molecule has 0 bridgehead atoms. The third kappa shape index (κ3) is 3.72. The maximum atomic E-state index is 12.6. The highest BCUT2D eigenvalue weighted by Crippen LogP contribution is 2.60. The SMILES string of the molecule is COC(=O)C1=NN(c2ccc(Br)cc2)[C@]2(S1)SC(C(=O)OC)=C(C)N2c1ccccc1. The third-order valence-electron chi connectivity index (χ3n) is 4.69. The molecule has 2 heterocycles. The van der Waals surface area contributed by atoms with Gasteiger partial charge in [0.2, 0.25) is 9.37 Å². The van der Waals surface area contributed by atoms with Gasteiger partial charge in [-0.3, -0.25) is 0 Å². The number of esters is 2. The molecule has 0 aliphatic carbocycles. The highest BCUT2D eigenvalue weighted by atomic mass is 79.9. The zero-order valence-electron chi connectivity index (χ0n) is 16.9. The van der Waals surface area contributed by atoms with E-state index in [1.54, 1.807) is 5.01 Å². The van der Waals surface area contributed by atoms with Gasteiger partial charge in [-0.1, -0.05) is 45.9 Å². The largest absolute Gasteiger partial charge is 0.465 e. The Morgan fingerprint density at radius 1 is 0.935 bits per heavy atom. The Morgan fingerprint density at radius 2 is 1.58 bits per heavy atom. The summed E-state index contributed by atoms with van der Waals surface area (Å²) in [6, 6.07) is 17.2. The summed E-state index contributed by atoms with van der Waals surface area (Å²) in [6.45, 7) is 1.86. The van der Waals surface area contributed by atoms with Crippen LogP contribution in [0.4, 0.5) is 11.4 Å². The van der Waals surface area contributed by atoms with E-state index in [4.69, 9.17) is 9.47 Å². The van der Waals surface area contributed by atoms with E-state index < -0.39 is 16.3 Å². The Balaban J connectivity index is 1.91. The normalized spacial score (nSPS) is 20.3. The van der Waals surface area contributed by atoms with Crippen LogP contribution >= 0.6 is 39.5 Å². The molecule has 0 unspecified atom stereocenters. The first-order valence-electron chi connectivity index (χ1n) is 9.16. The van der Waals surface area contributed by atoms with Crippen LogP contribution in [-0.2, 0) is 19.1 Å². The molecule has 1 atom stereocenters. The van der Waals surface area contributed by atoms with Gasteiger partial charge in [0, 0.05) is 15.9 Å². The summed E-state index contributed by atoms with van der Waals surface area (Å²) in [4.78, 5) is 27.5. The average Bonchev–Trinajstić information content (AvgIpc) is 3.31. The molecule has 10 heteroatoms. The summed E-state index contributed by atoms with van der Waals surface area (Å²) in [5.41, 5.74) is 2.31. The number of hydrogen-bond acceptors (Lipinski definition) is 9. The first-order valence-corrected chi connectivity index (χ1v) is 11.6. The molecule has 0 fully saturated rings. The number of rotatable bonds is 4. The number of carbonyl (C=O) groups excluding carboxylic acids is 2. The van der Waals surface area contributed by atoms with Gasteiger partial charge in [0.1, 0.15) is 4.91 Å². The quantitative estimate of drug-likeness (QED) is 0.535. The second-order valence-corrected chi connectivity index (χ2v) is 10.0. The van der Waals surface area contributed by atoms with Gasteiger partial charge in [-0.2, -0.15) is 5.10 Å². The van der Waals surface area contributed by atoms with E-state index in [1.165, 1.54) is 37.7 Å². The maximum absolute atomic E-state index is 12.6. The lowest BCUT2D eigenvalue weighted by Gasteiger charge is -2.41. The number of methoxy groups -OCH3 is 2. The molecule has 0 radical (unpaired) electrons. The van der Waals surface area contributed by atoms with Crippen molar-refractivity contribution in [2.45, 2.75) is 11.3 Å². The minimum Gasteiger partial charge on any atom is -0.465 e. The Labute approximate surface area is 196 Å². The van der Waals surface area contributed by atoms with Crippen LogP contribution in [0, 0.1) is 0 Å². The molecule has 31 heavy (non-hydrogen) atoms. The van der Waals surface area contributed by atoms with Gasteiger partial charge < -0.3 is 14.4 Å². The van der Waals surface area contributed by atoms with Crippen molar-refractivity contribution in [2.24, 2.45) is 5.10 Å². The van der Waals surface area contributed by atoms with Crippen LogP contribution in [0.2, 0.25) is 0 Å². The first kappa shape index (κ1) is 21.8. The van der Waals surface area contributed by atoms with Crippen molar-refractivity contribution in [3.63, 3.8) is 0 Å². The lowest BCUT2D eigenvalue weighted by atomic mass is 10.2. The molecule has 0 saturated carbocycles. The molecule has 160 valence electrons. The monoisotopic (exact) mass is 519 g/mol. The summed E-state index contributed by atoms with van der Waals surface area (Å²) in [6.07, 6.45) is 0. The van der Waals surface area contributed by atoms with E-state index >= 15 is 0 Å². The van der Waals surface area contributed by atoms with E-state index in [-0.39, 0.29) is 5.04 Å². The Hall–Kier alpha value is -2.43. The van der Waals surface area contributed by atoms with Crippen molar-refractivity contribution in [3.05, 3.63) is 69.7 Å². The van der Waals surface area contributed by atoms with Gasteiger partial charge in [-0.15, -0.1) is 0 Å². The van der Waals surface area contributed by atoms with Gasteiger partial charge in [0.05, 0.1) is 19.9 Å². The van der Waals surface area contributed by atoms with Crippen LogP contribution in [0.5, 0.6) is 0 Å². The van der Waals surface area contributed by atoms with E-state index in [0.717, 1.165) is 15.8 Å². The summed E-state index contributed by atoms with van der Waals surface area (Å²) in [7, 11) is 2.67. The first-order chi connectivity index (χ1) is 14.9. The number of para-hydroxylation sites is 1. The topological polar surface area (TPSA) is 71.4 Å². The fourth-order valence-electron chi connectivity index (χ4n) is 3.30. The number of thioether (sulfide) groups is 2. The van der Waals surface area contributed by atoms with Crippen molar-refractivity contribution in [3.8, 4) is 0 Å². The van der Waals surface area contributed by atoms with Gasteiger partial charge in [-0.25, -0.2) is 14.6 Å². The molecule has 7 nitrogen and oxygen atoms in total. The molecule has 4 rings (SSSR count). The molecular formula is C21H18BrN3O4S2. The third-order valence-corrected chi connectivity index (χ3v) is 8.07. The van der Waals surface area contributed by atoms with Gasteiger partial charge in [0.25, 0.3) is 0 Å². The number of ether oxygens (including phenoxy) is 2. The number of nitrogens with zero attached hydrogens (tertiary/aromatic N) is 3. The Morgan fingerprint density at radius 3 is 2.19 bits per heavy atom. The van der Waals surface area contributed by atoms with Crippen molar-refractivity contribution < 1.29 is 19.1 Å². The molecule has 0 N–H and O–H groups in total. The minimum atomic E-state index is -0.994. The number of anilines is 2. The summed E-state index contributed by atoms with van der Waals surface area (Å²) >= 11 is 5.97. The van der Waals surface area contributed by atoms with E-state index in [9.17, 15) is 9.59 Å².